The monoisotopic (exact) mass is 160 g/mol. The van der Waals surface area contributed by atoms with Crippen molar-refractivity contribution in [3.63, 3.8) is 0 Å². The largest absolute Gasteiger partial charge is 0.298 e. The van der Waals surface area contributed by atoms with Gasteiger partial charge in [0.2, 0.25) is 0 Å². The molecule has 0 spiro atoms. The van der Waals surface area contributed by atoms with Gasteiger partial charge in [0.1, 0.15) is 0 Å². The van der Waals surface area contributed by atoms with Crippen LogP contribution in [0.25, 0.3) is 0 Å². The fourth-order valence-corrected chi connectivity index (χ4v) is 1.91. The van der Waals surface area contributed by atoms with Crippen molar-refractivity contribution in [1.82, 2.24) is 0 Å². The molecule has 0 heterocycles. The summed E-state index contributed by atoms with van der Waals surface area (Å²) in [7, 11) is 0. The molecular weight excluding hydrogens is 148 g/mol. The van der Waals surface area contributed by atoms with E-state index in [1.165, 1.54) is 0 Å². The van der Waals surface area contributed by atoms with Gasteiger partial charge in [-0.05, 0) is 18.8 Å². The second-order valence-corrected chi connectivity index (χ2v) is 3.40. The van der Waals surface area contributed by atoms with E-state index in [0.29, 0.717) is 12.3 Å². The van der Waals surface area contributed by atoms with Crippen molar-refractivity contribution in [3.05, 3.63) is 0 Å². The Morgan fingerprint density at radius 2 is 2.40 bits per heavy atom. The number of ketones is 1. The van der Waals surface area contributed by atoms with Crippen LogP contribution in [-0.2, 0) is 4.79 Å². The normalized spacial score (nSPS) is 34.4. The van der Waals surface area contributed by atoms with Gasteiger partial charge in [-0.1, -0.05) is 13.3 Å². The number of carbonyl (C=O) groups is 1. The zero-order valence-corrected chi connectivity index (χ0v) is 7.03. The third-order valence-corrected chi connectivity index (χ3v) is 2.84. The van der Waals surface area contributed by atoms with Crippen LogP contribution in [0.15, 0.2) is 0 Å². The summed E-state index contributed by atoms with van der Waals surface area (Å²) in [5, 5.41) is -0.182. The zero-order chi connectivity index (χ0) is 7.56. The lowest BCUT2D eigenvalue weighted by Crippen LogP contribution is -2.28. The van der Waals surface area contributed by atoms with E-state index in [2.05, 4.69) is 6.92 Å². The van der Waals surface area contributed by atoms with E-state index in [-0.39, 0.29) is 11.2 Å². The Kier molecular flexibility index (Phi) is 2.72. The van der Waals surface area contributed by atoms with Crippen LogP contribution in [0.3, 0.4) is 0 Å². The van der Waals surface area contributed by atoms with E-state index >= 15 is 0 Å². The Balaban J connectivity index is 2.51. The molecule has 2 heteroatoms. The molecule has 1 aliphatic rings. The fraction of sp³-hybridized carbons (Fsp3) is 0.875. The average molecular weight is 161 g/mol. The van der Waals surface area contributed by atoms with Crippen molar-refractivity contribution in [2.45, 2.75) is 38.0 Å². The van der Waals surface area contributed by atoms with Gasteiger partial charge in [0.25, 0.3) is 0 Å². The van der Waals surface area contributed by atoms with Gasteiger partial charge in [0.05, 0.1) is 5.38 Å². The second kappa shape index (κ2) is 3.38. The molecule has 0 aliphatic heterocycles. The molecule has 0 aromatic heterocycles. The van der Waals surface area contributed by atoms with Crippen LogP contribution in [0.4, 0.5) is 0 Å². The van der Waals surface area contributed by atoms with Gasteiger partial charge in [0.15, 0.2) is 5.78 Å². The fourth-order valence-electron chi connectivity index (χ4n) is 1.50. The molecule has 0 radical (unpaired) electrons. The van der Waals surface area contributed by atoms with Crippen molar-refractivity contribution in [2.75, 3.05) is 0 Å². The van der Waals surface area contributed by atoms with Crippen LogP contribution in [-0.4, -0.2) is 11.2 Å². The van der Waals surface area contributed by atoms with Crippen molar-refractivity contribution in [3.8, 4) is 0 Å². The van der Waals surface area contributed by atoms with Crippen molar-refractivity contribution in [1.29, 1.82) is 0 Å². The van der Waals surface area contributed by atoms with E-state index < -0.39 is 0 Å². The Morgan fingerprint density at radius 1 is 1.70 bits per heavy atom. The summed E-state index contributed by atoms with van der Waals surface area (Å²) in [6.07, 6.45) is 3.92. The maximum Gasteiger partial charge on any atom is 0.150 e. The van der Waals surface area contributed by atoms with Gasteiger partial charge in [-0.15, -0.1) is 11.6 Å². The number of hydrogen-bond donors (Lipinski definition) is 0. The SMILES string of the molecule is CC[C@@H]1CCCC(=O)C1Cl. The average Bonchev–Trinajstić information content (AvgIpc) is 1.95. The topological polar surface area (TPSA) is 17.1 Å². The number of alkyl halides is 1. The van der Waals surface area contributed by atoms with Gasteiger partial charge in [-0.3, -0.25) is 4.79 Å². The number of carbonyl (C=O) groups excluding carboxylic acids is 1. The molecule has 1 unspecified atom stereocenters. The molecule has 0 bridgehead atoms. The highest BCUT2D eigenvalue weighted by Crippen LogP contribution is 2.28. The molecule has 1 aliphatic carbocycles. The summed E-state index contributed by atoms with van der Waals surface area (Å²) in [5.74, 6) is 0.697. The highest BCUT2D eigenvalue weighted by atomic mass is 35.5. The number of hydrogen-bond acceptors (Lipinski definition) is 1. The molecule has 0 aromatic carbocycles. The third-order valence-electron chi connectivity index (χ3n) is 2.24. The predicted octanol–water partition coefficient (Wildman–Crippen LogP) is 2.37. The molecule has 0 amide bonds. The minimum absolute atomic E-state index is 0.182. The van der Waals surface area contributed by atoms with Gasteiger partial charge in [-0.25, -0.2) is 0 Å². The van der Waals surface area contributed by atoms with E-state index in [1.54, 1.807) is 0 Å². The number of rotatable bonds is 1. The molecule has 0 N–H and O–H groups in total. The highest BCUT2D eigenvalue weighted by molar-refractivity contribution is 6.31. The van der Waals surface area contributed by atoms with Crippen LogP contribution in [0.5, 0.6) is 0 Å². The second-order valence-electron chi connectivity index (χ2n) is 2.93. The first-order valence-electron chi connectivity index (χ1n) is 3.92. The first kappa shape index (κ1) is 8.06. The first-order valence-corrected chi connectivity index (χ1v) is 4.36. The molecule has 1 fully saturated rings. The molecule has 2 atom stereocenters. The minimum atomic E-state index is -0.182. The van der Waals surface area contributed by atoms with Gasteiger partial charge < -0.3 is 0 Å². The first-order chi connectivity index (χ1) is 4.75. The quantitative estimate of drug-likeness (QED) is 0.539. The van der Waals surface area contributed by atoms with Crippen LogP contribution < -0.4 is 0 Å². The Morgan fingerprint density at radius 3 is 2.90 bits per heavy atom. The van der Waals surface area contributed by atoms with Crippen molar-refractivity contribution in [2.24, 2.45) is 5.92 Å². The smallest absolute Gasteiger partial charge is 0.150 e. The molecule has 1 saturated carbocycles. The summed E-state index contributed by atoms with van der Waals surface area (Å²) in [5.41, 5.74) is 0. The molecule has 10 heavy (non-hydrogen) atoms. The lowest BCUT2D eigenvalue weighted by molar-refractivity contribution is -0.121. The van der Waals surface area contributed by atoms with Crippen LogP contribution >= 0.6 is 11.6 Å². The van der Waals surface area contributed by atoms with Crippen LogP contribution in [0, 0.1) is 5.92 Å². The van der Waals surface area contributed by atoms with Crippen LogP contribution in [0.2, 0.25) is 0 Å². The van der Waals surface area contributed by atoms with Gasteiger partial charge in [-0.2, -0.15) is 0 Å². The Bertz CT molecular complexity index is 133. The van der Waals surface area contributed by atoms with E-state index in [9.17, 15) is 4.79 Å². The number of Topliss-reactive ketones (excluding diaryl/α,β-unsaturated/α-hetero) is 1. The number of halogens is 1. The van der Waals surface area contributed by atoms with E-state index in [0.717, 1.165) is 19.3 Å². The Hall–Kier alpha value is -0.0400. The predicted molar refractivity (Wildman–Crippen MR) is 42.3 cm³/mol. The molecule has 0 saturated heterocycles. The Labute approximate surface area is 66.8 Å². The summed E-state index contributed by atoms with van der Waals surface area (Å²) in [6.45, 7) is 2.10. The molecular formula is C8H13ClO. The van der Waals surface area contributed by atoms with Crippen molar-refractivity contribution < 1.29 is 4.79 Å². The van der Waals surface area contributed by atoms with E-state index in [4.69, 9.17) is 11.6 Å². The lowest BCUT2D eigenvalue weighted by Gasteiger charge is -2.24. The van der Waals surface area contributed by atoms with Crippen LogP contribution in [0.1, 0.15) is 32.6 Å². The highest BCUT2D eigenvalue weighted by Gasteiger charge is 2.28. The lowest BCUT2D eigenvalue weighted by atomic mass is 9.86. The third kappa shape index (κ3) is 1.51. The summed E-state index contributed by atoms with van der Waals surface area (Å²) in [6, 6.07) is 0. The molecule has 1 nitrogen and oxygen atoms in total. The summed E-state index contributed by atoms with van der Waals surface area (Å²) >= 11 is 5.88. The maximum atomic E-state index is 11.0. The molecule has 58 valence electrons. The van der Waals surface area contributed by atoms with E-state index in [1.807, 2.05) is 0 Å². The standard InChI is InChI=1S/C8H13ClO/c1-2-6-4-3-5-7(10)8(6)9/h6,8H,2-5H2,1H3/t6-,8?/m1/s1. The van der Waals surface area contributed by atoms with Gasteiger partial charge in [0, 0.05) is 6.42 Å². The minimum Gasteiger partial charge on any atom is -0.298 e. The summed E-state index contributed by atoms with van der Waals surface area (Å²) in [4.78, 5) is 11.0. The van der Waals surface area contributed by atoms with Gasteiger partial charge >= 0.3 is 0 Å². The molecule has 1 rings (SSSR count). The maximum absolute atomic E-state index is 11.0. The van der Waals surface area contributed by atoms with Crippen molar-refractivity contribution >= 4 is 17.4 Å². The summed E-state index contributed by atoms with van der Waals surface area (Å²) < 4.78 is 0. The zero-order valence-electron chi connectivity index (χ0n) is 6.27. The molecule has 0 aromatic rings.